The van der Waals surface area contributed by atoms with Gasteiger partial charge in [-0.1, -0.05) is 6.07 Å². The molecule has 106 valence electrons. The molecule has 1 saturated heterocycles. The molecule has 3 rings (SSSR count). The van der Waals surface area contributed by atoms with E-state index in [4.69, 9.17) is 0 Å². The molecule has 2 aromatic rings. The Morgan fingerprint density at radius 3 is 2.70 bits per heavy atom. The predicted octanol–water partition coefficient (Wildman–Crippen LogP) is 1.29. The molecule has 1 fully saturated rings. The molecule has 0 unspecified atom stereocenters. The number of nitrogens with zero attached hydrogens (tertiary/aromatic N) is 2. The monoisotopic (exact) mass is 275 g/mol. The van der Waals surface area contributed by atoms with Crippen molar-refractivity contribution >= 4 is 17.0 Å². The average molecular weight is 275 g/mol. The van der Waals surface area contributed by atoms with Crippen LogP contribution in [0.2, 0.25) is 0 Å². The zero-order chi connectivity index (χ0) is 14.3. The molecule has 0 bridgehead atoms. The SMILES string of the molecule is CN1CCC(n2c(=O)[nH]c3c(C(=O)O)cccc32)CC1. The van der Waals surface area contributed by atoms with E-state index in [0.29, 0.717) is 11.0 Å². The maximum absolute atomic E-state index is 12.2. The fraction of sp³-hybridized carbons (Fsp3) is 0.429. The molecule has 1 aliphatic heterocycles. The highest BCUT2D eigenvalue weighted by Crippen LogP contribution is 2.25. The van der Waals surface area contributed by atoms with E-state index in [0.717, 1.165) is 25.9 Å². The summed E-state index contributed by atoms with van der Waals surface area (Å²) in [4.78, 5) is 28.3. The van der Waals surface area contributed by atoms with Gasteiger partial charge in [0.25, 0.3) is 0 Å². The minimum Gasteiger partial charge on any atom is -0.478 e. The van der Waals surface area contributed by atoms with Gasteiger partial charge in [0.1, 0.15) is 0 Å². The van der Waals surface area contributed by atoms with E-state index in [9.17, 15) is 14.7 Å². The van der Waals surface area contributed by atoms with Crippen LogP contribution in [0.5, 0.6) is 0 Å². The second-order valence-corrected chi connectivity index (χ2v) is 5.34. The van der Waals surface area contributed by atoms with Crippen molar-refractivity contribution in [2.24, 2.45) is 0 Å². The molecule has 6 nitrogen and oxygen atoms in total. The lowest BCUT2D eigenvalue weighted by atomic mass is 10.0. The summed E-state index contributed by atoms with van der Waals surface area (Å²) in [6.07, 6.45) is 1.81. The highest BCUT2D eigenvalue weighted by Gasteiger charge is 2.23. The van der Waals surface area contributed by atoms with Gasteiger partial charge in [0.15, 0.2) is 0 Å². The number of hydrogen-bond acceptors (Lipinski definition) is 3. The van der Waals surface area contributed by atoms with Crippen LogP contribution in [0.15, 0.2) is 23.0 Å². The van der Waals surface area contributed by atoms with E-state index >= 15 is 0 Å². The molecule has 1 aromatic heterocycles. The van der Waals surface area contributed by atoms with Gasteiger partial charge < -0.3 is 15.0 Å². The van der Waals surface area contributed by atoms with Crippen LogP contribution in [-0.4, -0.2) is 45.7 Å². The van der Waals surface area contributed by atoms with Gasteiger partial charge in [-0.25, -0.2) is 9.59 Å². The molecule has 2 N–H and O–H groups in total. The number of likely N-dealkylation sites (tertiary alicyclic amines) is 1. The molecule has 6 heteroatoms. The number of aromatic amines is 1. The highest BCUT2D eigenvalue weighted by molar-refractivity contribution is 6.00. The molecule has 0 amide bonds. The lowest BCUT2D eigenvalue weighted by Gasteiger charge is -2.29. The minimum absolute atomic E-state index is 0.136. The fourth-order valence-corrected chi connectivity index (χ4v) is 2.94. The first kappa shape index (κ1) is 12.9. The van der Waals surface area contributed by atoms with Crippen molar-refractivity contribution in [3.05, 3.63) is 34.2 Å². The second-order valence-electron chi connectivity index (χ2n) is 5.34. The Labute approximate surface area is 115 Å². The lowest BCUT2D eigenvalue weighted by molar-refractivity contribution is 0.0699. The van der Waals surface area contributed by atoms with Gasteiger partial charge in [-0.3, -0.25) is 4.57 Å². The van der Waals surface area contributed by atoms with Crippen molar-refractivity contribution in [2.75, 3.05) is 20.1 Å². The first-order valence-corrected chi connectivity index (χ1v) is 6.73. The smallest absolute Gasteiger partial charge is 0.337 e. The second kappa shape index (κ2) is 4.79. The van der Waals surface area contributed by atoms with Crippen LogP contribution in [-0.2, 0) is 0 Å². The van der Waals surface area contributed by atoms with E-state index in [1.165, 1.54) is 6.07 Å². The molecule has 1 aliphatic rings. The Kier molecular flexibility index (Phi) is 3.10. The van der Waals surface area contributed by atoms with E-state index in [1.54, 1.807) is 16.7 Å². The number of carboxylic acids is 1. The molecular weight excluding hydrogens is 258 g/mol. The normalized spacial score (nSPS) is 17.6. The molecule has 2 heterocycles. The Hall–Kier alpha value is -2.08. The van der Waals surface area contributed by atoms with Crippen LogP contribution in [0.25, 0.3) is 11.0 Å². The first-order chi connectivity index (χ1) is 9.58. The number of aromatic carboxylic acids is 1. The van der Waals surface area contributed by atoms with Crippen LogP contribution in [0.1, 0.15) is 29.2 Å². The van der Waals surface area contributed by atoms with E-state index < -0.39 is 5.97 Å². The van der Waals surface area contributed by atoms with Crippen LogP contribution in [0.3, 0.4) is 0 Å². The molecule has 0 atom stereocenters. The van der Waals surface area contributed by atoms with Gasteiger partial charge >= 0.3 is 11.7 Å². The third kappa shape index (κ3) is 2.02. The highest BCUT2D eigenvalue weighted by atomic mass is 16.4. The number of H-pyrrole nitrogens is 1. The third-order valence-electron chi connectivity index (χ3n) is 4.04. The fourth-order valence-electron chi connectivity index (χ4n) is 2.94. The van der Waals surface area contributed by atoms with Crippen molar-refractivity contribution in [1.82, 2.24) is 14.5 Å². The van der Waals surface area contributed by atoms with Crippen molar-refractivity contribution in [2.45, 2.75) is 18.9 Å². The van der Waals surface area contributed by atoms with Crippen LogP contribution in [0.4, 0.5) is 0 Å². The Morgan fingerprint density at radius 1 is 1.35 bits per heavy atom. The molecule has 0 saturated carbocycles. The Bertz CT molecular complexity index is 708. The standard InChI is InChI=1S/C14H17N3O3/c1-16-7-5-9(6-8-16)17-11-4-2-3-10(13(18)19)12(11)15-14(17)20/h2-4,9H,5-8H2,1H3,(H,15,20)(H,18,19). The number of nitrogens with one attached hydrogen (secondary N) is 1. The molecule has 20 heavy (non-hydrogen) atoms. The number of aromatic nitrogens is 2. The third-order valence-corrected chi connectivity index (χ3v) is 4.04. The van der Waals surface area contributed by atoms with Crippen molar-refractivity contribution in [3.8, 4) is 0 Å². The summed E-state index contributed by atoms with van der Waals surface area (Å²) in [7, 11) is 2.07. The maximum atomic E-state index is 12.2. The molecule has 1 aromatic carbocycles. The van der Waals surface area contributed by atoms with Gasteiger partial charge in [-0.05, 0) is 45.1 Å². The summed E-state index contributed by atoms with van der Waals surface area (Å²) in [6.45, 7) is 1.89. The summed E-state index contributed by atoms with van der Waals surface area (Å²) in [5.41, 5.74) is 1.03. The number of piperidine rings is 1. The van der Waals surface area contributed by atoms with Crippen molar-refractivity contribution < 1.29 is 9.90 Å². The number of hydrogen-bond donors (Lipinski definition) is 2. The van der Waals surface area contributed by atoms with Gasteiger partial charge in [-0.2, -0.15) is 0 Å². The number of carbonyl (C=O) groups is 1. The summed E-state index contributed by atoms with van der Waals surface area (Å²) in [5.74, 6) is -1.02. The summed E-state index contributed by atoms with van der Waals surface area (Å²) in [6, 6.07) is 5.14. The minimum atomic E-state index is -1.02. The van der Waals surface area contributed by atoms with Crippen LogP contribution < -0.4 is 5.69 Å². The summed E-state index contributed by atoms with van der Waals surface area (Å²) >= 11 is 0. The van der Waals surface area contributed by atoms with Crippen molar-refractivity contribution in [1.29, 1.82) is 0 Å². The quantitative estimate of drug-likeness (QED) is 0.865. The number of benzene rings is 1. The van der Waals surface area contributed by atoms with Gasteiger partial charge in [0, 0.05) is 6.04 Å². The van der Waals surface area contributed by atoms with Gasteiger partial charge in [-0.15, -0.1) is 0 Å². The van der Waals surface area contributed by atoms with Crippen LogP contribution >= 0.6 is 0 Å². The van der Waals surface area contributed by atoms with E-state index in [-0.39, 0.29) is 17.3 Å². The topological polar surface area (TPSA) is 78.3 Å². The number of imidazole rings is 1. The molecule has 0 spiro atoms. The Morgan fingerprint density at radius 2 is 2.05 bits per heavy atom. The summed E-state index contributed by atoms with van der Waals surface area (Å²) in [5, 5.41) is 9.19. The zero-order valence-corrected chi connectivity index (χ0v) is 11.3. The molecule has 0 aliphatic carbocycles. The number of para-hydroxylation sites is 1. The lowest BCUT2D eigenvalue weighted by Crippen LogP contribution is -2.34. The maximum Gasteiger partial charge on any atom is 0.337 e. The zero-order valence-electron chi connectivity index (χ0n) is 11.3. The number of rotatable bonds is 2. The van der Waals surface area contributed by atoms with Crippen LogP contribution in [0, 0.1) is 0 Å². The van der Waals surface area contributed by atoms with Gasteiger partial charge in [0.2, 0.25) is 0 Å². The largest absolute Gasteiger partial charge is 0.478 e. The number of fused-ring (bicyclic) bond motifs is 1. The van der Waals surface area contributed by atoms with E-state index in [2.05, 4.69) is 16.9 Å². The molecular formula is C14H17N3O3. The van der Waals surface area contributed by atoms with E-state index in [1.807, 2.05) is 0 Å². The predicted molar refractivity (Wildman–Crippen MR) is 75.3 cm³/mol. The average Bonchev–Trinajstić information content (AvgIpc) is 2.75. The Balaban J connectivity index is 2.12. The number of carboxylic acid groups (broad SMARTS) is 1. The van der Waals surface area contributed by atoms with Crippen molar-refractivity contribution in [3.63, 3.8) is 0 Å². The first-order valence-electron chi connectivity index (χ1n) is 6.73. The molecule has 0 radical (unpaired) electrons. The summed E-state index contributed by atoms with van der Waals surface area (Å²) < 4.78 is 1.72. The van der Waals surface area contributed by atoms with Gasteiger partial charge in [0.05, 0.1) is 16.6 Å².